The highest BCUT2D eigenvalue weighted by Gasteiger charge is 2.23. The van der Waals surface area contributed by atoms with Crippen molar-refractivity contribution >= 4 is 11.8 Å². The van der Waals surface area contributed by atoms with Crippen LogP contribution in [0.4, 0.5) is 0 Å². The molecule has 0 aliphatic carbocycles. The summed E-state index contributed by atoms with van der Waals surface area (Å²) >= 11 is 1.79. The van der Waals surface area contributed by atoms with Crippen molar-refractivity contribution in [2.75, 3.05) is 18.1 Å². The first-order chi connectivity index (χ1) is 6.70. The molecule has 78 valence electrons. The smallest absolute Gasteiger partial charge is 0.272 e. The third-order valence-corrected chi connectivity index (χ3v) is 3.40. The van der Waals surface area contributed by atoms with Crippen molar-refractivity contribution in [1.29, 1.82) is 0 Å². The van der Waals surface area contributed by atoms with Crippen molar-refractivity contribution in [3.63, 3.8) is 0 Å². The van der Waals surface area contributed by atoms with Crippen LogP contribution in [0, 0.1) is 0 Å². The second-order valence-electron chi connectivity index (χ2n) is 3.32. The van der Waals surface area contributed by atoms with Gasteiger partial charge in [0, 0.05) is 25.1 Å². The molecule has 1 aliphatic rings. The third kappa shape index (κ3) is 1.55. The minimum atomic E-state index is -0.204. The number of H-pyrrole nitrogens is 1. The second-order valence-corrected chi connectivity index (χ2v) is 4.47. The lowest BCUT2D eigenvalue weighted by Gasteiger charge is -2.21. The first-order valence-corrected chi connectivity index (χ1v) is 5.64. The van der Waals surface area contributed by atoms with E-state index < -0.39 is 0 Å². The van der Waals surface area contributed by atoms with E-state index in [2.05, 4.69) is 10.4 Å². The predicted molar refractivity (Wildman–Crippen MR) is 55.8 cm³/mol. The van der Waals surface area contributed by atoms with Gasteiger partial charge >= 0.3 is 0 Å². The van der Waals surface area contributed by atoms with E-state index in [4.69, 9.17) is 0 Å². The number of aromatic amines is 1. The summed E-state index contributed by atoms with van der Waals surface area (Å²) in [5.41, 5.74) is 0.254. The largest absolute Gasteiger partial charge is 0.493 e. The van der Waals surface area contributed by atoms with Gasteiger partial charge in [0.05, 0.1) is 11.6 Å². The van der Waals surface area contributed by atoms with E-state index >= 15 is 0 Å². The first kappa shape index (κ1) is 9.67. The molecule has 3 N–H and O–H groups in total. The zero-order chi connectivity index (χ0) is 10.1. The summed E-state index contributed by atoms with van der Waals surface area (Å²) in [7, 11) is 1.62. The average molecular weight is 215 g/mol. The molecule has 2 heterocycles. The maximum absolute atomic E-state index is 11.5. The second kappa shape index (κ2) is 3.70. The molecule has 1 unspecified atom stereocenters. The number of nitrogens with zero attached hydrogens (tertiary/aromatic N) is 1. The van der Waals surface area contributed by atoms with Crippen molar-refractivity contribution in [3.8, 4) is 5.88 Å². The summed E-state index contributed by atoms with van der Waals surface area (Å²) in [6.07, 6.45) is 0. The molecule has 14 heavy (non-hydrogen) atoms. The van der Waals surface area contributed by atoms with Crippen LogP contribution in [-0.4, -0.2) is 32.9 Å². The van der Waals surface area contributed by atoms with Crippen LogP contribution in [0.3, 0.4) is 0 Å². The molecular formula is C8H13N3O2S. The van der Waals surface area contributed by atoms with Gasteiger partial charge in [0.2, 0.25) is 5.88 Å². The lowest BCUT2D eigenvalue weighted by atomic mass is 10.1. The van der Waals surface area contributed by atoms with Gasteiger partial charge in [-0.15, -0.1) is 0 Å². The molecule has 6 heteroatoms. The summed E-state index contributed by atoms with van der Waals surface area (Å²) in [5, 5.41) is 15.4. The molecule has 0 saturated carbocycles. The zero-order valence-corrected chi connectivity index (χ0v) is 8.73. The normalized spacial score (nSPS) is 22.5. The van der Waals surface area contributed by atoms with Gasteiger partial charge in [0.1, 0.15) is 0 Å². The van der Waals surface area contributed by atoms with Gasteiger partial charge in [-0.05, 0) is 0 Å². The van der Waals surface area contributed by atoms with Crippen LogP contribution in [-0.2, 0) is 7.05 Å². The average Bonchev–Trinajstić information content (AvgIpc) is 2.43. The van der Waals surface area contributed by atoms with Gasteiger partial charge in [-0.25, -0.2) is 0 Å². The Morgan fingerprint density at radius 2 is 2.43 bits per heavy atom. The molecule has 2 rings (SSSR count). The summed E-state index contributed by atoms with van der Waals surface area (Å²) in [4.78, 5) is 11.5. The van der Waals surface area contributed by atoms with Crippen molar-refractivity contribution in [2.45, 2.75) is 6.04 Å². The number of hydrogen-bond acceptors (Lipinski definition) is 4. The molecule has 1 fully saturated rings. The van der Waals surface area contributed by atoms with E-state index in [0.29, 0.717) is 5.56 Å². The molecule has 0 spiro atoms. The molecule has 1 saturated heterocycles. The van der Waals surface area contributed by atoms with Crippen molar-refractivity contribution in [3.05, 3.63) is 15.9 Å². The van der Waals surface area contributed by atoms with Crippen molar-refractivity contribution in [1.82, 2.24) is 15.1 Å². The Balaban J connectivity index is 2.34. The molecule has 1 atom stereocenters. The molecule has 0 aromatic carbocycles. The number of aryl methyl sites for hydroxylation is 1. The van der Waals surface area contributed by atoms with Crippen LogP contribution in [0.1, 0.15) is 11.6 Å². The van der Waals surface area contributed by atoms with Gasteiger partial charge in [-0.1, -0.05) is 0 Å². The highest BCUT2D eigenvalue weighted by Crippen LogP contribution is 2.25. The van der Waals surface area contributed by atoms with Gasteiger partial charge in [0.15, 0.2) is 0 Å². The number of rotatable bonds is 1. The van der Waals surface area contributed by atoms with E-state index in [0.717, 1.165) is 18.1 Å². The minimum Gasteiger partial charge on any atom is -0.493 e. The van der Waals surface area contributed by atoms with Gasteiger partial charge < -0.3 is 10.4 Å². The zero-order valence-electron chi connectivity index (χ0n) is 7.91. The van der Waals surface area contributed by atoms with Crippen LogP contribution >= 0.6 is 11.8 Å². The van der Waals surface area contributed by atoms with E-state index in [-0.39, 0.29) is 17.5 Å². The SMILES string of the molecule is Cn1[nH]c(=O)c(C2CSCCN2)c1O. The van der Waals surface area contributed by atoms with Crippen LogP contribution in [0.2, 0.25) is 0 Å². The van der Waals surface area contributed by atoms with Crippen LogP contribution in [0.15, 0.2) is 4.79 Å². The topological polar surface area (TPSA) is 70.0 Å². The fourth-order valence-electron chi connectivity index (χ4n) is 1.61. The van der Waals surface area contributed by atoms with Crippen LogP contribution in [0.5, 0.6) is 5.88 Å². The number of nitrogens with one attached hydrogen (secondary N) is 2. The molecule has 0 radical (unpaired) electrons. The van der Waals surface area contributed by atoms with E-state index in [1.54, 1.807) is 18.8 Å². The number of thioether (sulfide) groups is 1. The molecule has 5 nitrogen and oxygen atoms in total. The molecule has 0 amide bonds. The predicted octanol–water partition coefficient (Wildman–Crippen LogP) is -0.203. The van der Waals surface area contributed by atoms with Crippen LogP contribution < -0.4 is 10.9 Å². The lowest BCUT2D eigenvalue weighted by molar-refractivity contribution is 0.406. The standard InChI is InChI=1S/C8H13N3O2S/c1-11-8(13)6(7(12)10-11)5-4-14-3-2-9-5/h5,9,13H,2-4H2,1H3,(H,10,12). The van der Waals surface area contributed by atoms with Crippen LogP contribution in [0.25, 0.3) is 0 Å². The maximum Gasteiger partial charge on any atom is 0.272 e. The molecule has 1 aliphatic heterocycles. The third-order valence-electron chi connectivity index (χ3n) is 2.34. The van der Waals surface area contributed by atoms with Crippen molar-refractivity contribution in [2.24, 2.45) is 7.05 Å². The van der Waals surface area contributed by atoms with Crippen molar-refractivity contribution < 1.29 is 5.11 Å². The summed E-state index contributed by atoms with van der Waals surface area (Å²) in [6, 6.07) is -0.0290. The highest BCUT2D eigenvalue weighted by molar-refractivity contribution is 7.99. The Kier molecular flexibility index (Phi) is 2.56. The van der Waals surface area contributed by atoms with E-state index in [1.807, 2.05) is 0 Å². The molecule has 0 bridgehead atoms. The molecule has 1 aromatic heterocycles. The molecule has 1 aromatic rings. The Bertz CT molecular complexity index is 378. The van der Waals surface area contributed by atoms with E-state index in [9.17, 15) is 9.90 Å². The monoisotopic (exact) mass is 215 g/mol. The van der Waals surface area contributed by atoms with Gasteiger partial charge in [-0.2, -0.15) is 11.8 Å². The van der Waals surface area contributed by atoms with Gasteiger partial charge in [-0.3, -0.25) is 14.6 Å². The van der Waals surface area contributed by atoms with E-state index in [1.165, 1.54) is 4.68 Å². The quantitative estimate of drug-likeness (QED) is 0.606. The summed E-state index contributed by atoms with van der Waals surface area (Å²) < 4.78 is 1.35. The number of aromatic hydroxyl groups is 1. The van der Waals surface area contributed by atoms with Gasteiger partial charge in [0.25, 0.3) is 5.56 Å². The highest BCUT2D eigenvalue weighted by atomic mass is 32.2. The lowest BCUT2D eigenvalue weighted by Crippen LogP contribution is -2.32. The maximum atomic E-state index is 11.5. The Morgan fingerprint density at radius 3 is 2.93 bits per heavy atom. The first-order valence-electron chi connectivity index (χ1n) is 4.49. The minimum absolute atomic E-state index is 0.0290. The Labute approximate surface area is 85.5 Å². The molecular weight excluding hydrogens is 202 g/mol. The number of hydrogen-bond donors (Lipinski definition) is 3. The fraction of sp³-hybridized carbons (Fsp3) is 0.625. The fourth-order valence-corrected chi connectivity index (χ4v) is 2.56. The summed E-state index contributed by atoms with van der Waals surface area (Å²) in [5.74, 6) is 1.93. The Morgan fingerprint density at radius 1 is 1.64 bits per heavy atom. The summed E-state index contributed by atoms with van der Waals surface area (Å²) in [6.45, 7) is 0.878. The Hall–Kier alpha value is -0.880. The number of aromatic nitrogens is 2.